The molecule has 0 aliphatic carbocycles. The second-order valence-electron chi connectivity index (χ2n) is 9.21. The van der Waals surface area contributed by atoms with Crippen LogP contribution in [0.15, 0.2) is 93.9 Å². The van der Waals surface area contributed by atoms with Crippen molar-refractivity contribution in [2.24, 2.45) is 25.7 Å². The minimum Gasteiger partial charge on any atom is -0.396 e. The summed E-state index contributed by atoms with van der Waals surface area (Å²) in [6, 6.07) is 8.68. The van der Waals surface area contributed by atoms with Gasteiger partial charge in [-0.15, -0.1) is 20.2 Å². The van der Waals surface area contributed by atoms with E-state index in [1.54, 1.807) is 6.11 Å². The molecule has 0 radical (unpaired) electrons. The number of sulfone groups is 1. The summed E-state index contributed by atoms with van der Waals surface area (Å²) in [6.45, 7) is -0.164. The molecule has 0 saturated carbocycles. The first kappa shape index (κ1) is 39.6. The van der Waals surface area contributed by atoms with Crippen LogP contribution in [0.4, 0.5) is 34.1 Å². The topological polar surface area (TPSA) is 350 Å². The van der Waals surface area contributed by atoms with Gasteiger partial charge in [-0.25, -0.2) is 8.42 Å². The maximum absolute atomic E-state index is 12.5. The molecule has 3 aromatic rings. The fourth-order valence-corrected chi connectivity index (χ4v) is 6.69. The molecule has 0 fully saturated rings. The van der Waals surface area contributed by atoms with Crippen LogP contribution in [-0.4, -0.2) is 71.7 Å². The van der Waals surface area contributed by atoms with Crippen molar-refractivity contribution in [3.8, 4) is 11.4 Å². The third-order valence-electron chi connectivity index (χ3n) is 5.73. The van der Waals surface area contributed by atoms with E-state index in [0.717, 1.165) is 17.1 Å². The summed E-state index contributed by atoms with van der Waals surface area (Å²) in [5.74, 6) is -0.417. The number of nitrogens with zero attached hydrogens (tertiary/aromatic N) is 6. The molecule has 0 unspecified atom stereocenters. The molecule has 268 valence electrons. The first-order chi connectivity index (χ1) is 23.1. The second-order valence-corrected chi connectivity index (χ2v) is 16.0. The number of benzene rings is 3. The van der Waals surface area contributed by atoms with Crippen LogP contribution in [-0.2, 0) is 49.7 Å². The van der Waals surface area contributed by atoms with Gasteiger partial charge in [-0.05, 0) is 64.6 Å². The van der Waals surface area contributed by atoms with Crippen LogP contribution < -0.4 is 11.5 Å². The quantitative estimate of drug-likeness (QED) is 0.0228. The molecular formula is C23H22N8O14S5. The number of nitroso groups, excluding NO2 is 1. The zero-order valence-electron chi connectivity index (χ0n) is 24.7. The summed E-state index contributed by atoms with van der Waals surface area (Å²) in [7, 11) is -17.5. The molecule has 0 spiro atoms. The lowest BCUT2D eigenvalue weighted by molar-refractivity contribution is -0.135. The van der Waals surface area contributed by atoms with E-state index in [1.807, 2.05) is 0 Å². The number of rotatable bonds is 14. The monoisotopic (exact) mass is 794 g/mol. The third-order valence-corrected chi connectivity index (χ3v) is 10.1. The Bertz CT molecular complexity index is 2360. The molecule has 50 heavy (non-hydrogen) atoms. The molecule has 0 aliphatic rings. The summed E-state index contributed by atoms with van der Waals surface area (Å²) in [5, 5.41) is 20.8. The molecule has 22 nitrogen and oxygen atoms in total. The van der Waals surface area contributed by atoms with E-state index >= 15 is 0 Å². The Hall–Kier alpha value is -4.79. The molecule has 3 rings (SSSR count). The number of hydrogen-bond donors (Lipinski definition) is 5. The van der Waals surface area contributed by atoms with E-state index < -0.39 is 84.5 Å². The van der Waals surface area contributed by atoms with Crippen molar-refractivity contribution < 1.29 is 56.6 Å². The minimum absolute atomic E-state index is 0.0350. The van der Waals surface area contributed by atoms with E-state index in [-0.39, 0.29) is 22.0 Å². The Balaban J connectivity index is 1.99. The van der Waals surface area contributed by atoms with Gasteiger partial charge in [0.25, 0.3) is 20.2 Å². The largest absolute Gasteiger partial charge is 0.433 e. The average molecular weight is 795 g/mol. The smallest absolute Gasteiger partial charge is 0.396 e. The van der Waals surface area contributed by atoms with Crippen molar-refractivity contribution in [2.75, 3.05) is 30.8 Å². The Morgan fingerprint density at radius 3 is 2.00 bits per heavy atom. The summed E-state index contributed by atoms with van der Waals surface area (Å²) < 4.78 is 126. The number of hydrogen-bond acceptors (Lipinski definition) is 19. The third kappa shape index (κ3) is 11.1. The number of azo groups is 2. The summed E-state index contributed by atoms with van der Waals surface area (Å²) >= 11 is 0.558. The molecule has 0 saturated heterocycles. The van der Waals surface area contributed by atoms with Gasteiger partial charge >= 0.3 is 10.4 Å². The van der Waals surface area contributed by atoms with Crippen LogP contribution >= 0.6 is 11.8 Å². The van der Waals surface area contributed by atoms with Gasteiger partial charge in [-0.2, -0.15) is 30.4 Å². The highest BCUT2D eigenvalue weighted by Crippen LogP contribution is 2.43. The minimum atomic E-state index is -5.05. The lowest BCUT2D eigenvalue weighted by Crippen LogP contribution is -2.20. The van der Waals surface area contributed by atoms with Crippen LogP contribution in [0.25, 0.3) is 0 Å². The maximum Gasteiger partial charge on any atom is 0.433 e. The Morgan fingerprint density at radius 1 is 0.800 bits per heavy atom. The van der Waals surface area contributed by atoms with Crippen molar-refractivity contribution in [1.82, 2.24) is 5.01 Å². The van der Waals surface area contributed by atoms with Crippen LogP contribution in [0.1, 0.15) is 0 Å². The van der Waals surface area contributed by atoms with E-state index in [4.69, 9.17) is 16.0 Å². The van der Waals surface area contributed by atoms with Gasteiger partial charge in [0.15, 0.2) is 15.9 Å². The van der Waals surface area contributed by atoms with Gasteiger partial charge in [0.1, 0.15) is 26.9 Å². The van der Waals surface area contributed by atoms with Gasteiger partial charge in [0.2, 0.25) is 0 Å². The Kier molecular flexibility index (Phi) is 12.6. The van der Waals surface area contributed by atoms with Crippen molar-refractivity contribution in [3.63, 3.8) is 0 Å². The van der Waals surface area contributed by atoms with E-state index in [2.05, 4.69) is 40.2 Å². The van der Waals surface area contributed by atoms with Gasteiger partial charge in [-0.3, -0.25) is 23.6 Å². The van der Waals surface area contributed by atoms with Crippen LogP contribution in [0, 0.1) is 16.3 Å². The second kappa shape index (κ2) is 15.8. The predicted octanol–water partition coefficient (Wildman–Crippen LogP) is 3.32. The lowest BCUT2D eigenvalue weighted by Gasteiger charge is -2.11. The highest BCUT2D eigenvalue weighted by molar-refractivity contribution is 8.04. The summed E-state index contributed by atoms with van der Waals surface area (Å²) in [4.78, 5) is 12.6. The van der Waals surface area contributed by atoms with E-state index in [0.29, 0.717) is 17.8 Å². The summed E-state index contributed by atoms with van der Waals surface area (Å²) in [5.41, 5.74) is 9.33. The molecule has 0 aromatic heterocycles. The zero-order valence-corrected chi connectivity index (χ0v) is 28.8. The van der Waals surface area contributed by atoms with Crippen molar-refractivity contribution in [1.29, 1.82) is 0 Å². The van der Waals surface area contributed by atoms with Crippen molar-refractivity contribution >= 4 is 86.4 Å². The van der Waals surface area contributed by atoms with Crippen LogP contribution in [0.2, 0.25) is 0 Å². The molecule has 7 N–H and O–H groups in total. The highest BCUT2D eigenvalue weighted by atomic mass is 32.3. The molecular weight excluding hydrogens is 773 g/mol. The van der Waals surface area contributed by atoms with Crippen molar-refractivity contribution in [3.05, 3.63) is 53.4 Å². The standard InChI is InChI=1S/C23H22N8O14S5/c1-31(30-32)8-11-47(33,34)16-5-2-14(3-6-16)26-29-23-21(24)18(13-20(22(23)25)49(38,39)40)28-27-17-7-4-15(12-19(17)48(35,36)37)46-10-9-44-45-50(41,42)43/h2-7,12-13H,8,11,24-25H2,1H3,(H,35,36,37)(H,38,39,40)(H,41,42,43). The molecule has 0 atom stereocenters. The van der Waals surface area contributed by atoms with Crippen molar-refractivity contribution in [2.45, 2.75) is 19.6 Å². The molecule has 0 amide bonds. The normalized spacial score (nSPS) is 12.5. The van der Waals surface area contributed by atoms with Gasteiger partial charge < -0.3 is 11.5 Å². The number of anilines is 2. The Morgan fingerprint density at radius 2 is 1.42 bits per heavy atom. The SMILES string of the molecule is CN(CCS(=O)(=O)c1ccc(N=Nc2c(N)c(N=Nc3ccc(SC#COOS(=O)(=O)O)cc3S(=O)(=O)O)cc(S(=O)(=O)O)c2N)cc1)N=O. The number of thioether (sulfide) groups is 1. The first-order valence-electron chi connectivity index (χ1n) is 12.6. The predicted molar refractivity (Wildman–Crippen MR) is 174 cm³/mol. The molecule has 0 aliphatic heterocycles. The fraction of sp³-hybridized carbons (Fsp3) is 0.130. The van der Waals surface area contributed by atoms with Gasteiger partial charge in [0, 0.05) is 17.2 Å². The average Bonchev–Trinajstić information content (AvgIpc) is 3.02. The summed E-state index contributed by atoms with van der Waals surface area (Å²) in [6.07, 6.45) is 1.73. The Labute approximate surface area is 287 Å². The number of nitrogen functional groups attached to an aromatic ring is 2. The molecule has 0 bridgehead atoms. The van der Waals surface area contributed by atoms with E-state index in [1.165, 1.54) is 37.4 Å². The fourth-order valence-electron chi connectivity index (χ4n) is 3.42. The maximum atomic E-state index is 12.5. The molecule has 0 heterocycles. The lowest BCUT2D eigenvalue weighted by atomic mass is 10.2. The first-order valence-corrected chi connectivity index (χ1v) is 19.3. The van der Waals surface area contributed by atoms with Gasteiger partial charge in [0.05, 0.1) is 39.5 Å². The van der Waals surface area contributed by atoms with Gasteiger partial charge in [-0.1, -0.05) is 0 Å². The zero-order chi connectivity index (χ0) is 37.5. The van der Waals surface area contributed by atoms with Crippen LogP contribution in [0.3, 0.4) is 0 Å². The molecule has 3 aromatic carbocycles. The van der Waals surface area contributed by atoms with Crippen LogP contribution in [0.5, 0.6) is 0 Å². The van der Waals surface area contributed by atoms with E-state index in [9.17, 15) is 47.7 Å². The highest BCUT2D eigenvalue weighted by Gasteiger charge is 2.23. The molecule has 27 heteroatoms. The number of nitrogens with two attached hydrogens (primary N) is 2.